The number of rotatable bonds is 6. The van der Waals surface area contributed by atoms with Crippen LogP contribution in [0.5, 0.6) is 0 Å². The van der Waals surface area contributed by atoms with Gasteiger partial charge in [0.1, 0.15) is 11.9 Å². The van der Waals surface area contributed by atoms with Crippen molar-refractivity contribution in [1.82, 2.24) is 9.03 Å². The van der Waals surface area contributed by atoms with E-state index in [1.807, 2.05) is 11.4 Å². The van der Waals surface area contributed by atoms with Gasteiger partial charge in [-0.25, -0.2) is 12.8 Å². The van der Waals surface area contributed by atoms with Crippen LogP contribution in [0, 0.1) is 5.82 Å². The van der Waals surface area contributed by atoms with Crippen molar-refractivity contribution in [3.05, 3.63) is 69.6 Å². The lowest BCUT2D eigenvalue weighted by Gasteiger charge is -2.35. The first kappa shape index (κ1) is 26.5. The molecule has 0 radical (unpaired) electrons. The highest BCUT2D eigenvalue weighted by atomic mass is 35.5. The van der Waals surface area contributed by atoms with Gasteiger partial charge in [-0.1, -0.05) is 23.7 Å². The molecule has 0 saturated carbocycles. The lowest BCUT2D eigenvalue weighted by Crippen LogP contribution is -2.55. The molecule has 2 heterocycles. The second-order valence-corrected chi connectivity index (χ2v) is 13.1. The first-order chi connectivity index (χ1) is 16.8. The Morgan fingerprint density at radius 2 is 1.81 bits per heavy atom. The second-order valence-electron chi connectivity index (χ2n) is 8.25. The van der Waals surface area contributed by atoms with Gasteiger partial charge in [0.15, 0.2) is 0 Å². The van der Waals surface area contributed by atoms with E-state index in [-0.39, 0.29) is 17.1 Å². The van der Waals surface area contributed by atoms with E-state index in [4.69, 9.17) is 11.6 Å². The summed E-state index contributed by atoms with van der Waals surface area (Å²) in [6.07, 6.45) is 1.23. The van der Waals surface area contributed by atoms with E-state index in [9.17, 15) is 26.0 Å². The van der Waals surface area contributed by atoms with Gasteiger partial charge in [-0.3, -0.25) is 9.52 Å². The van der Waals surface area contributed by atoms with Crippen molar-refractivity contribution in [1.29, 1.82) is 0 Å². The number of hydrogen-bond acceptors (Lipinski definition) is 6. The topological polar surface area (TPSA) is 125 Å². The molecule has 2 unspecified atom stereocenters. The third kappa shape index (κ3) is 6.05. The molecular formula is C22H22ClFN4O5S3. The summed E-state index contributed by atoms with van der Waals surface area (Å²) in [4.78, 5) is 13.7. The van der Waals surface area contributed by atoms with Crippen LogP contribution in [0.3, 0.4) is 0 Å². The number of nitrogens with zero attached hydrogens (tertiary/aromatic N) is 1. The van der Waals surface area contributed by atoms with Crippen molar-refractivity contribution in [2.75, 3.05) is 23.3 Å². The average Bonchev–Trinajstić information content (AvgIpc) is 3.28. The fourth-order valence-corrected chi connectivity index (χ4v) is 6.79. The molecule has 2 atom stereocenters. The van der Waals surface area contributed by atoms with Crippen molar-refractivity contribution in [3.8, 4) is 11.1 Å². The fourth-order valence-electron chi connectivity index (χ4n) is 3.73. The van der Waals surface area contributed by atoms with Crippen LogP contribution in [0.2, 0.25) is 5.02 Å². The molecule has 14 heteroatoms. The number of nitrogens with one attached hydrogen (secondary N) is 3. The molecule has 3 N–H and O–H groups in total. The van der Waals surface area contributed by atoms with Crippen LogP contribution >= 0.6 is 22.9 Å². The Bertz CT molecular complexity index is 1510. The van der Waals surface area contributed by atoms with Crippen LogP contribution in [-0.2, 0) is 25.0 Å². The lowest BCUT2D eigenvalue weighted by atomic mass is 10.0. The van der Waals surface area contributed by atoms with Gasteiger partial charge >= 0.3 is 0 Å². The number of thiophene rings is 1. The molecule has 1 fully saturated rings. The van der Waals surface area contributed by atoms with Gasteiger partial charge in [-0.15, -0.1) is 11.3 Å². The zero-order chi connectivity index (χ0) is 26.3. The number of benzene rings is 2. The fraction of sp³-hybridized carbons (Fsp3) is 0.227. The zero-order valence-electron chi connectivity index (χ0n) is 19.0. The Balaban J connectivity index is 1.53. The van der Waals surface area contributed by atoms with Gasteiger partial charge in [0.2, 0.25) is 15.9 Å². The van der Waals surface area contributed by atoms with Crippen molar-refractivity contribution in [2.45, 2.75) is 18.5 Å². The standard InChI is InChI=1S/C22H22ClFN4O5S3/c1-28-20(22(29)25-16-7-8-18(24)17(23)10-16)11-19(27-36(28,32)33)21-9-14(12-34-21)13-3-5-15(6-4-13)26-35(2,30)31/h3-10,12,19-20,26-27H,11H2,1-2H3,(H,25,29). The van der Waals surface area contributed by atoms with E-state index in [0.29, 0.717) is 10.6 Å². The molecule has 0 bridgehead atoms. The average molecular weight is 573 g/mol. The second kappa shape index (κ2) is 10.1. The van der Waals surface area contributed by atoms with E-state index < -0.39 is 44.0 Å². The van der Waals surface area contributed by atoms with Crippen LogP contribution in [0.15, 0.2) is 53.9 Å². The summed E-state index contributed by atoms with van der Waals surface area (Å²) in [6.45, 7) is 0. The summed E-state index contributed by atoms with van der Waals surface area (Å²) in [5.41, 5.74) is 2.31. The Kier molecular flexibility index (Phi) is 7.42. The predicted molar refractivity (Wildman–Crippen MR) is 139 cm³/mol. The molecule has 1 saturated heterocycles. The Morgan fingerprint density at radius 3 is 2.44 bits per heavy atom. The van der Waals surface area contributed by atoms with Crippen LogP contribution in [-0.4, -0.2) is 46.4 Å². The smallest absolute Gasteiger partial charge is 0.280 e. The number of amides is 1. The van der Waals surface area contributed by atoms with Crippen molar-refractivity contribution >= 4 is 60.5 Å². The quantitative estimate of drug-likeness (QED) is 0.414. The minimum atomic E-state index is -3.96. The molecule has 0 aliphatic carbocycles. The predicted octanol–water partition coefficient (Wildman–Crippen LogP) is 3.80. The van der Waals surface area contributed by atoms with Crippen LogP contribution < -0.4 is 14.8 Å². The zero-order valence-corrected chi connectivity index (χ0v) is 22.2. The van der Waals surface area contributed by atoms with Gasteiger partial charge in [-0.05, 0) is 59.3 Å². The highest BCUT2D eigenvalue weighted by Crippen LogP contribution is 2.35. The number of sulfonamides is 1. The monoisotopic (exact) mass is 572 g/mol. The van der Waals surface area contributed by atoms with Crippen LogP contribution in [0.4, 0.5) is 15.8 Å². The van der Waals surface area contributed by atoms with E-state index in [1.54, 1.807) is 24.3 Å². The molecule has 0 spiro atoms. The number of anilines is 2. The Morgan fingerprint density at radius 1 is 1.14 bits per heavy atom. The number of hydrogen-bond donors (Lipinski definition) is 3. The number of likely N-dealkylation sites (N-methyl/N-ethyl adjacent to an activating group) is 1. The highest BCUT2D eigenvalue weighted by molar-refractivity contribution is 7.92. The molecule has 1 amide bonds. The molecular weight excluding hydrogens is 551 g/mol. The van der Waals surface area contributed by atoms with Gasteiger partial charge in [0.25, 0.3) is 10.2 Å². The van der Waals surface area contributed by atoms with E-state index in [0.717, 1.165) is 27.8 Å². The number of carbonyl (C=O) groups is 1. The van der Waals surface area contributed by atoms with Crippen molar-refractivity contribution < 1.29 is 26.0 Å². The molecule has 2 aromatic carbocycles. The number of carbonyl (C=O) groups excluding carboxylic acids is 1. The van der Waals surface area contributed by atoms with Crippen LogP contribution in [0.25, 0.3) is 11.1 Å². The molecule has 4 rings (SSSR count). The van der Waals surface area contributed by atoms with E-state index >= 15 is 0 Å². The van der Waals surface area contributed by atoms with Crippen molar-refractivity contribution in [2.24, 2.45) is 0 Å². The maximum absolute atomic E-state index is 13.4. The third-order valence-electron chi connectivity index (χ3n) is 5.54. The summed E-state index contributed by atoms with van der Waals surface area (Å²) in [5.74, 6) is -1.20. The minimum absolute atomic E-state index is 0.160. The van der Waals surface area contributed by atoms with E-state index in [1.165, 1.54) is 30.5 Å². The first-order valence-electron chi connectivity index (χ1n) is 10.5. The SMILES string of the molecule is CN1C(C(=O)Nc2ccc(F)c(Cl)c2)CC(c2cc(-c3ccc(NS(C)(=O)=O)cc3)cs2)NS1(=O)=O. The minimum Gasteiger partial charge on any atom is -0.325 e. The molecule has 3 aromatic rings. The Hall–Kier alpha value is -2.55. The highest BCUT2D eigenvalue weighted by Gasteiger charge is 2.41. The third-order valence-corrected chi connectivity index (χ3v) is 9.08. The van der Waals surface area contributed by atoms with Gasteiger partial charge in [0, 0.05) is 23.3 Å². The Labute approximate surface area is 217 Å². The molecule has 9 nitrogen and oxygen atoms in total. The lowest BCUT2D eigenvalue weighted by molar-refractivity contribution is -0.120. The van der Waals surface area contributed by atoms with Gasteiger partial charge < -0.3 is 5.32 Å². The summed E-state index contributed by atoms with van der Waals surface area (Å²) < 4.78 is 67.7. The maximum atomic E-state index is 13.4. The van der Waals surface area contributed by atoms with Crippen LogP contribution in [0.1, 0.15) is 17.3 Å². The largest absolute Gasteiger partial charge is 0.325 e. The molecule has 1 aromatic heterocycles. The molecule has 1 aliphatic heterocycles. The maximum Gasteiger partial charge on any atom is 0.280 e. The van der Waals surface area contributed by atoms with Gasteiger partial charge in [-0.2, -0.15) is 17.4 Å². The normalized spacial score (nSPS) is 20.1. The molecule has 1 aliphatic rings. The summed E-state index contributed by atoms with van der Waals surface area (Å²) >= 11 is 7.12. The summed E-state index contributed by atoms with van der Waals surface area (Å²) in [6, 6.07) is 10.6. The van der Waals surface area contributed by atoms with Gasteiger partial charge in [0.05, 0.1) is 17.3 Å². The number of halogens is 2. The molecule has 192 valence electrons. The first-order valence-corrected chi connectivity index (χ1v) is 15.1. The summed E-state index contributed by atoms with van der Waals surface area (Å²) in [7, 11) is -6.04. The van der Waals surface area contributed by atoms with E-state index in [2.05, 4.69) is 14.8 Å². The molecule has 36 heavy (non-hydrogen) atoms. The van der Waals surface area contributed by atoms with Crippen molar-refractivity contribution in [3.63, 3.8) is 0 Å². The summed E-state index contributed by atoms with van der Waals surface area (Å²) in [5, 5.41) is 4.30.